The fourth-order valence-corrected chi connectivity index (χ4v) is 5.87. The van der Waals surface area contributed by atoms with Crippen molar-refractivity contribution in [3.05, 3.63) is 36.4 Å². The van der Waals surface area contributed by atoms with Gasteiger partial charge in [-0.25, -0.2) is 8.42 Å². The van der Waals surface area contributed by atoms with Crippen molar-refractivity contribution in [2.75, 3.05) is 37.0 Å². The normalized spacial score (nSPS) is 18.9. The zero-order valence-electron chi connectivity index (χ0n) is 16.1. The van der Waals surface area contributed by atoms with Gasteiger partial charge in [0.2, 0.25) is 5.91 Å². The number of hydrogen-bond acceptors (Lipinski definition) is 4. The van der Waals surface area contributed by atoms with Crippen molar-refractivity contribution in [1.29, 1.82) is 0 Å². The van der Waals surface area contributed by atoms with Crippen molar-refractivity contribution in [2.45, 2.75) is 37.0 Å². The van der Waals surface area contributed by atoms with Crippen LogP contribution in [0.1, 0.15) is 32.1 Å². The van der Waals surface area contributed by atoms with Gasteiger partial charge in [-0.1, -0.05) is 37.1 Å². The number of amides is 1. The highest BCUT2D eigenvalue weighted by molar-refractivity contribution is 7.93. The Morgan fingerprint density at radius 1 is 1.00 bits per heavy atom. The topological polar surface area (TPSA) is 69.7 Å². The molecule has 0 spiro atoms. The van der Waals surface area contributed by atoms with Crippen molar-refractivity contribution in [3.8, 4) is 0 Å². The summed E-state index contributed by atoms with van der Waals surface area (Å²) in [6.45, 7) is 3.65. The molecule has 2 aromatic carbocycles. The molecule has 1 amide bonds. The van der Waals surface area contributed by atoms with Gasteiger partial charge in [0.15, 0.2) is 0 Å². The van der Waals surface area contributed by atoms with Crippen LogP contribution < -0.4 is 9.62 Å². The molecule has 7 heteroatoms. The van der Waals surface area contributed by atoms with Crippen LogP contribution in [0.4, 0.5) is 5.69 Å². The molecule has 1 fully saturated rings. The lowest BCUT2D eigenvalue weighted by Gasteiger charge is -2.20. The second kappa shape index (κ2) is 8.09. The van der Waals surface area contributed by atoms with E-state index in [-0.39, 0.29) is 17.3 Å². The summed E-state index contributed by atoms with van der Waals surface area (Å²) >= 11 is 0. The Balaban J connectivity index is 1.35. The van der Waals surface area contributed by atoms with Gasteiger partial charge in [0.25, 0.3) is 10.0 Å². The molecule has 0 saturated carbocycles. The molecule has 0 aliphatic carbocycles. The minimum absolute atomic E-state index is 0.181. The second-order valence-electron chi connectivity index (χ2n) is 7.60. The SMILES string of the molecule is O=C(CN1c2cccc3cccc(c23)S1(=O)=O)NCCCN1CCCCCC1. The fourth-order valence-electron chi connectivity index (χ4n) is 4.21. The van der Waals surface area contributed by atoms with Crippen molar-refractivity contribution < 1.29 is 13.2 Å². The van der Waals surface area contributed by atoms with Crippen LogP contribution in [0.2, 0.25) is 0 Å². The van der Waals surface area contributed by atoms with Gasteiger partial charge in [0, 0.05) is 11.9 Å². The molecule has 0 atom stereocenters. The van der Waals surface area contributed by atoms with E-state index in [1.54, 1.807) is 18.2 Å². The molecule has 2 heterocycles. The number of hydrogen-bond donors (Lipinski definition) is 1. The minimum Gasteiger partial charge on any atom is -0.354 e. The third-order valence-corrected chi connectivity index (χ3v) is 7.44. The Morgan fingerprint density at radius 3 is 2.46 bits per heavy atom. The van der Waals surface area contributed by atoms with E-state index in [1.165, 1.54) is 30.0 Å². The standard InChI is InChI=1S/C21H27N3O3S/c25-20(22-12-7-15-23-13-3-1-2-4-14-23)16-24-18-10-5-8-17-9-6-11-19(21(17)18)28(24,26)27/h5-6,8-11H,1-4,7,12-16H2,(H,22,25). The summed E-state index contributed by atoms with van der Waals surface area (Å²) in [5.41, 5.74) is 0.591. The molecule has 28 heavy (non-hydrogen) atoms. The first kappa shape index (κ1) is 19.2. The van der Waals surface area contributed by atoms with Gasteiger partial charge in [-0.2, -0.15) is 0 Å². The van der Waals surface area contributed by atoms with Crippen LogP contribution in [0.15, 0.2) is 41.3 Å². The van der Waals surface area contributed by atoms with Crippen LogP contribution in [0.5, 0.6) is 0 Å². The molecule has 0 aromatic heterocycles. The molecule has 6 nitrogen and oxygen atoms in total. The van der Waals surface area contributed by atoms with E-state index in [0.29, 0.717) is 17.6 Å². The molecule has 2 aromatic rings. The summed E-state index contributed by atoms with van der Waals surface area (Å²) in [7, 11) is -3.68. The van der Waals surface area contributed by atoms with Crippen LogP contribution in [0.25, 0.3) is 10.8 Å². The number of rotatable bonds is 6. The van der Waals surface area contributed by atoms with Crippen LogP contribution in [-0.2, 0) is 14.8 Å². The van der Waals surface area contributed by atoms with E-state index in [1.807, 2.05) is 18.2 Å². The van der Waals surface area contributed by atoms with Crippen molar-refractivity contribution >= 4 is 32.4 Å². The zero-order chi connectivity index (χ0) is 19.6. The Kier molecular flexibility index (Phi) is 5.55. The molecule has 0 bridgehead atoms. The number of carbonyl (C=O) groups is 1. The molecular formula is C21H27N3O3S. The second-order valence-corrected chi connectivity index (χ2v) is 9.43. The average molecular weight is 402 g/mol. The monoisotopic (exact) mass is 401 g/mol. The highest BCUT2D eigenvalue weighted by Gasteiger charge is 2.36. The summed E-state index contributed by atoms with van der Waals surface area (Å²) in [6, 6.07) is 10.7. The summed E-state index contributed by atoms with van der Waals surface area (Å²) in [4.78, 5) is 15.2. The zero-order valence-corrected chi connectivity index (χ0v) is 16.9. The molecule has 2 aliphatic rings. The number of benzene rings is 2. The van der Waals surface area contributed by atoms with E-state index in [4.69, 9.17) is 0 Å². The Hall–Kier alpha value is -2.12. The molecule has 4 rings (SSSR count). The van der Waals surface area contributed by atoms with Crippen molar-refractivity contribution in [1.82, 2.24) is 10.2 Å². The number of nitrogens with one attached hydrogen (secondary N) is 1. The quantitative estimate of drug-likeness (QED) is 0.756. The van der Waals surface area contributed by atoms with Gasteiger partial charge < -0.3 is 10.2 Å². The lowest BCUT2D eigenvalue weighted by Crippen LogP contribution is -2.40. The summed E-state index contributed by atoms with van der Waals surface area (Å²) < 4.78 is 27.0. The van der Waals surface area contributed by atoms with Gasteiger partial charge in [0.05, 0.1) is 10.6 Å². The third-order valence-electron chi connectivity index (χ3n) is 5.64. The molecule has 150 valence electrons. The number of likely N-dealkylation sites (tertiary alicyclic amines) is 1. The first-order valence-corrected chi connectivity index (χ1v) is 11.5. The minimum atomic E-state index is -3.68. The maximum atomic E-state index is 12.9. The molecule has 0 radical (unpaired) electrons. The van der Waals surface area contributed by atoms with Gasteiger partial charge in [0.1, 0.15) is 6.54 Å². The molecular weight excluding hydrogens is 374 g/mol. The first-order chi connectivity index (χ1) is 13.6. The number of carbonyl (C=O) groups excluding carboxylic acids is 1. The van der Waals surface area contributed by atoms with Crippen molar-refractivity contribution in [2.24, 2.45) is 0 Å². The third kappa shape index (κ3) is 3.73. The Labute approximate surface area is 166 Å². The number of anilines is 1. The Bertz CT molecular complexity index is 961. The summed E-state index contributed by atoms with van der Waals surface area (Å²) in [5.74, 6) is -0.260. The molecule has 1 saturated heterocycles. The van der Waals surface area contributed by atoms with Gasteiger partial charge >= 0.3 is 0 Å². The lowest BCUT2D eigenvalue weighted by molar-refractivity contribution is -0.119. The Morgan fingerprint density at radius 2 is 1.71 bits per heavy atom. The number of nitrogens with zero attached hydrogens (tertiary/aromatic N) is 2. The van der Waals surface area contributed by atoms with Crippen molar-refractivity contribution in [3.63, 3.8) is 0 Å². The predicted octanol–water partition coefficient (Wildman–Crippen LogP) is 2.73. The largest absolute Gasteiger partial charge is 0.354 e. The molecule has 1 N–H and O–H groups in total. The van der Waals surface area contributed by atoms with E-state index in [0.717, 1.165) is 31.4 Å². The highest BCUT2D eigenvalue weighted by atomic mass is 32.2. The number of sulfonamides is 1. The van der Waals surface area contributed by atoms with E-state index in [9.17, 15) is 13.2 Å². The van der Waals surface area contributed by atoms with Crippen LogP contribution >= 0.6 is 0 Å². The van der Waals surface area contributed by atoms with Gasteiger partial charge in [-0.05, 0) is 56.4 Å². The van der Waals surface area contributed by atoms with E-state index in [2.05, 4.69) is 10.2 Å². The summed E-state index contributed by atoms with van der Waals surface area (Å²) in [6.07, 6.45) is 6.02. The lowest BCUT2D eigenvalue weighted by atomic mass is 10.1. The van der Waals surface area contributed by atoms with E-state index >= 15 is 0 Å². The molecule has 2 aliphatic heterocycles. The smallest absolute Gasteiger partial charge is 0.265 e. The van der Waals surface area contributed by atoms with Crippen LogP contribution in [0, 0.1) is 0 Å². The van der Waals surface area contributed by atoms with Gasteiger partial charge in [-0.3, -0.25) is 9.10 Å². The van der Waals surface area contributed by atoms with Gasteiger partial charge in [-0.15, -0.1) is 0 Å². The summed E-state index contributed by atoms with van der Waals surface area (Å²) in [5, 5.41) is 4.47. The average Bonchev–Trinajstić information content (AvgIpc) is 2.88. The highest BCUT2D eigenvalue weighted by Crippen LogP contribution is 2.41. The van der Waals surface area contributed by atoms with Crippen LogP contribution in [-0.4, -0.2) is 51.9 Å². The maximum absolute atomic E-state index is 12.9. The maximum Gasteiger partial charge on any atom is 0.265 e. The molecule has 0 unspecified atom stereocenters. The fraction of sp³-hybridized carbons (Fsp3) is 0.476. The first-order valence-electron chi connectivity index (χ1n) is 10.1. The van der Waals surface area contributed by atoms with E-state index < -0.39 is 10.0 Å². The predicted molar refractivity (Wildman–Crippen MR) is 111 cm³/mol. The van der Waals surface area contributed by atoms with Crippen LogP contribution in [0.3, 0.4) is 0 Å².